The van der Waals surface area contributed by atoms with E-state index in [0.29, 0.717) is 0 Å². The van der Waals surface area contributed by atoms with E-state index < -0.39 is 0 Å². The molecule has 0 spiro atoms. The van der Waals surface area contributed by atoms with Crippen LogP contribution in [0.15, 0.2) is 11.3 Å². The predicted molar refractivity (Wildman–Crippen MR) is 57.2 cm³/mol. The summed E-state index contributed by atoms with van der Waals surface area (Å²) < 4.78 is 0. The molecular weight excluding hydrogens is 160 g/mol. The van der Waals surface area contributed by atoms with Gasteiger partial charge in [0.25, 0.3) is 0 Å². The second kappa shape index (κ2) is 3.95. The maximum absolute atomic E-state index is 7.31. The molecule has 0 aromatic carbocycles. The first-order valence-corrected chi connectivity index (χ1v) is 5.03. The number of nitrogens with one attached hydrogen (secondary N) is 2. The van der Waals surface area contributed by atoms with Crippen LogP contribution in [0, 0.1) is 5.41 Å². The van der Waals surface area contributed by atoms with E-state index in [1.165, 1.54) is 30.3 Å². The topological polar surface area (TPSA) is 35.9 Å². The van der Waals surface area contributed by atoms with E-state index in [-0.39, 0.29) is 5.54 Å². The molecule has 2 heteroatoms. The summed E-state index contributed by atoms with van der Waals surface area (Å²) in [5, 5.41) is 10.8. The van der Waals surface area contributed by atoms with Gasteiger partial charge in [0.2, 0.25) is 0 Å². The summed E-state index contributed by atoms with van der Waals surface area (Å²) in [6.45, 7) is 6.49. The first kappa shape index (κ1) is 10.3. The van der Waals surface area contributed by atoms with E-state index >= 15 is 0 Å². The molecule has 0 aromatic heterocycles. The summed E-state index contributed by atoms with van der Waals surface area (Å²) in [6, 6.07) is 0. The molecule has 0 saturated carbocycles. The Labute approximate surface area is 80.9 Å². The smallest absolute Gasteiger partial charge is 0.0286 e. The standard InChI is InChI=1S/C11H20N2/c1-11(2,3)13-10-7-5-4-6-9(10)8-12/h8,12-13H,4-7H2,1-3H3. The van der Waals surface area contributed by atoms with E-state index in [2.05, 4.69) is 26.1 Å². The van der Waals surface area contributed by atoms with Gasteiger partial charge in [0.05, 0.1) is 0 Å². The van der Waals surface area contributed by atoms with Gasteiger partial charge in [-0.25, -0.2) is 0 Å². The molecule has 0 atom stereocenters. The van der Waals surface area contributed by atoms with Crippen molar-refractivity contribution in [2.75, 3.05) is 0 Å². The molecule has 1 aliphatic carbocycles. The van der Waals surface area contributed by atoms with Crippen LogP contribution in [0.4, 0.5) is 0 Å². The van der Waals surface area contributed by atoms with Crippen LogP contribution >= 0.6 is 0 Å². The molecule has 0 aromatic rings. The van der Waals surface area contributed by atoms with Crippen LogP contribution in [0.25, 0.3) is 0 Å². The molecule has 13 heavy (non-hydrogen) atoms. The molecule has 0 amide bonds. The first-order chi connectivity index (χ1) is 6.03. The molecule has 1 rings (SSSR count). The summed E-state index contributed by atoms with van der Waals surface area (Å²) in [5.41, 5.74) is 2.61. The highest BCUT2D eigenvalue weighted by molar-refractivity contribution is 5.77. The van der Waals surface area contributed by atoms with Crippen molar-refractivity contribution in [3.8, 4) is 0 Å². The van der Waals surface area contributed by atoms with Crippen molar-refractivity contribution in [1.82, 2.24) is 5.32 Å². The van der Waals surface area contributed by atoms with Crippen LogP contribution in [0.1, 0.15) is 46.5 Å². The largest absolute Gasteiger partial charge is 0.383 e. The van der Waals surface area contributed by atoms with Crippen molar-refractivity contribution in [1.29, 1.82) is 5.41 Å². The van der Waals surface area contributed by atoms with E-state index in [1.54, 1.807) is 0 Å². The molecule has 2 nitrogen and oxygen atoms in total. The molecule has 74 valence electrons. The maximum atomic E-state index is 7.31. The van der Waals surface area contributed by atoms with Gasteiger partial charge in [0.1, 0.15) is 0 Å². The summed E-state index contributed by atoms with van der Waals surface area (Å²) in [6.07, 6.45) is 6.19. The molecule has 0 bridgehead atoms. The van der Waals surface area contributed by atoms with Gasteiger partial charge >= 0.3 is 0 Å². The Balaban J connectivity index is 2.73. The predicted octanol–water partition coefficient (Wildman–Crippen LogP) is 2.85. The molecular formula is C11H20N2. The van der Waals surface area contributed by atoms with Gasteiger partial charge in [-0.1, -0.05) is 0 Å². The molecule has 0 radical (unpaired) electrons. The summed E-state index contributed by atoms with van der Waals surface area (Å²) >= 11 is 0. The van der Waals surface area contributed by atoms with Crippen LogP contribution in [-0.4, -0.2) is 11.8 Å². The number of allylic oxidation sites excluding steroid dienone is 2. The van der Waals surface area contributed by atoms with Crippen molar-refractivity contribution >= 4 is 6.21 Å². The van der Waals surface area contributed by atoms with Gasteiger partial charge < -0.3 is 10.7 Å². The third kappa shape index (κ3) is 3.21. The van der Waals surface area contributed by atoms with E-state index in [4.69, 9.17) is 5.41 Å². The molecule has 0 saturated heterocycles. The minimum Gasteiger partial charge on any atom is -0.383 e. The van der Waals surface area contributed by atoms with E-state index in [0.717, 1.165) is 12.8 Å². The van der Waals surface area contributed by atoms with Gasteiger partial charge in [-0.15, -0.1) is 0 Å². The van der Waals surface area contributed by atoms with Crippen molar-refractivity contribution in [3.05, 3.63) is 11.3 Å². The van der Waals surface area contributed by atoms with Gasteiger partial charge in [-0.3, -0.25) is 0 Å². The van der Waals surface area contributed by atoms with E-state index in [9.17, 15) is 0 Å². The molecule has 2 N–H and O–H groups in total. The minimum absolute atomic E-state index is 0.126. The van der Waals surface area contributed by atoms with Crippen molar-refractivity contribution in [2.45, 2.75) is 52.0 Å². The Morgan fingerprint density at radius 2 is 1.85 bits per heavy atom. The lowest BCUT2D eigenvalue weighted by atomic mass is 9.95. The maximum Gasteiger partial charge on any atom is 0.0286 e. The van der Waals surface area contributed by atoms with Crippen LogP contribution < -0.4 is 5.32 Å². The summed E-state index contributed by atoms with van der Waals surface area (Å²) in [5.74, 6) is 0. The Morgan fingerprint density at radius 3 is 2.38 bits per heavy atom. The highest BCUT2D eigenvalue weighted by Crippen LogP contribution is 2.23. The fourth-order valence-corrected chi connectivity index (χ4v) is 1.68. The Bertz CT molecular complexity index is 221. The molecule has 0 fully saturated rings. The normalized spacial score (nSPS) is 18.7. The molecule has 0 aliphatic heterocycles. The zero-order valence-electron chi connectivity index (χ0n) is 8.91. The Hall–Kier alpha value is -0.790. The number of hydrogen-bond donors (Lipinski definition) is 2. The fraction of sp³-hybridized carbons (Fsp3) is 0.727. The van der Waals surface area contributed by atoms with Gasteiger partial charge in [-0.2, -0.15) is 0 Å². The number of hydrogen-bond acceptors (Lipinski definition) is 2. The molecule has 0 heterocycles. The first-order valence-electron chi connectivity index (χ1n) is 5.03. The summed E-state index contributed by atoms with van der Waals surface area (Å²) in [7, 11) is 0. The third-order valence-electron chi connectivity index (χ3n) is 2.21. The lowest BCUT2D eigenvalue weighted by molar-refractivity contribution is 0.450. The lowest BCUT2D eigenvalue weighted by Crippen LogP contribution is -2.36. The second-order valence-electron chi connectivity index (χ2n) is 4.73. The van der Waals surface area contributed by atoms with Crippen molar-refractivity contribution < 1.29 is 0 Å². The quantitative estimate of drug-likeness (QED) is 0.630. The van der Waals surface area contributed by atoms with Crippen LogP contribution in [0.3, 0.4) is 0 Å². The van der Waals surface area contributed by atoms with Crippen molar-refractivity contribution in [3.63, 3.8) is 0 Å². The fourth-order valence-electron chi connectivity index (χ4n) is 1.68. The van der Waals surface area contributed by atoms with Crippen LogP contribution in [0.5, 0.6) is 0 Å². The van der Waals surface area contributed by atoms with Gasteiger partial charge in [0.15, 0.2) is 0 Å². The van der Waals surface area contributed by atoms with Crippen LogP contribution in [0.2, 0.25) is 0 Å². The zero-order valence-corrected chi connectivity index (χ0v) is 8.91. The van der Waals surface area contributed by atoms with Crippen molar-refractivity contribution in [2.24, 2.45) is 0 Å². The highest BCUT2D eigenvalue weighted by Gasteiger charge is 2.16. The highest BCUT2D eigenvalue weighted by atomic mass is 15.0. The minimum atomic E-state index is 0.126. The summed E-state index contributed by atoms with van der Waals surface area (Å²) in [4.78, 5) is 0. The Morgan fingerprint density at radius 1 is 1.23 bits per heavy atom. The third-order valence-corrected chi connectivity index (χ3v) is 2.21. The average molecular weight is 180 g/mol. The van der Waals surface area contributed by atoms with E-state index in [1.807, 2.05) is 0 Å². The van der Waals surface area contributed by atoms with Gasteiger partial charge in [-0.05, 0) is 52.0 Å². The number of rotatable bonds is 2. The second-order valence-corrected chi connectivity index (χ2v) is 4.73. The SMILES string of the molecule is CC(C)(C)NC1=C(C=N)CCCC1. The molecule has 1 aliphatic rings. The monoisotopic (exact) mass is 180 g/mol. The lowest BCUT2D eigenvalue weighted by Gasteiger charge is -2.28. The van der Waals surface area contributed by atoms with Gasteiger partial charge in [0, 0.05) is 17.5 Å². The zero-order chi connectivity index (χ0) is 9.90. The molecule has 0 unspecified atom stereocenters. The van der Waals surface area contributed by atoms with Crippen LogP contribution in [-0.2, 0) is 0 Å². The Kier molecular flexibility index (Phi) is 3.12. The average Bonchev–Trinajstić information content (AvgIpc) is 2.02.